The largest absolute Gasteiger partial charge is 0.359 e. The Balaban J connectivity index is 1.95. The zero-order chi connectivity index (χ0) is 13.7. The number of nitrogens with zero attached hydrogens (tertiary/aromatic N) is 3. The summed E-state index contributed by atoms with van der Waals surface area (Å²) in [6, 6.07) is 3.57. The Morgan fingerprint density at radius 1 is 1.47 bits per heavy atom. The molecule has 1 saturated carbocycles. The van der Waals surface area contributed by atoms with Crippen molar-refractivity contribution < 1.29 is 0 Å². The molecule has 1 aliphatic rings. The van der Waals surface area contributed by atoms with Gasteiger partial charge in [-0.1, -0.05) is 32.1 Å². The van der Waals surface area contributed by atoms with Crippen molar-refractivity contribution in [1.82, 2.24) is 9.97 Å². The number of aromatic nitrogens is 2. The van der Waals surface area contributed by atoms with Crippen LogP contribution >= 0.6 is 0 Å². The second-order valence-electron chi connectivity index (χ2n) is 5.28. The van der Waals surface area contributed by atoms with Crippen LogP contribution in [-0.2, 0) is 0 Å². The molecule has 0 unspecified atom stereocenters. The lowest BCUT2D eigenvalue weighted by Crippen LogP contribution is -2.26. The van der Waals surface area contributed by atoms with Crippen molar-refractivity contribution in [3.63, 3.8) is 0 Å². The second-order valence-corrected chi connectivity index (χ2v) is 5.28. The van der Waals surface area contributed by atoms with Gasteiger partial charge in [0.15, 0.2) is 0 Å². The molecule has 0 amide bonds. The van der Waals surface area contributed by atoms with Crippen LogP contribution in [0.25, 0.3) is 0 Å². The van der Waals surface area contributed by atoms with Crippen LogP contribution in [-0.4, -0.2) is 23.6 Å². The number of rotatable bonds is 4. The third-order valence-electron chi connectivity index (χ3n) is 3.84. The Labute approximate surface area is 113 Å². The summed E-state index contributed by atoms with van der Waals surface area (Å²) in [5, 5.41) is 8.84. The van der Waals surface area contributed by atoms with Crippen molar-refractivity contribution in [2.24, 2.45) is 5.92 Å². The molecule has 102 valence electrons. The maximum atomic E-state index is 11.3. The molecule has 5 heteroatoms. The summed E-state index contributed by atoms with van der Waals surface area (Å²) in [6.45, 7) is 0.881. The average molecular weight is 260 g/mol. The van der Waals surface area contributed by atoms with Gasteiger partial charge in [0.2, 0.25) is 0 Å². The molecule has 1 aromatic rings. The Morgan fingerprint density at radius 3 is 2.89 bits per heavy atom. The number of anilines is 1. The van der Waals surface area contributed by atoms with Crippen molar-refractivity contribution in [2.75, 3.05) is 18.5 Å². The van der Waals surface area contributed by atoms with Gasteiger partial charge in [-0.25, -0.2) is 4.79 Å². The number of nitrogens with one attached hydrogen (secondary N) is 1. The zero-order valence-corrected chi connectivity index (χ0v) is 11.4. The quantitative estimate of drug-likeness (QED) is 0.899. The molecule has 5 nitrogen and oxygen atoms in total. The lowest BCUT2D eigenvalue weighted by Gasteiger charge is -2.25. The monoisotopic (exact) mass is 260 g/mol. The zero-order valence-electron chi connectivity index (χ0n) is 11.4. The number of nitriles is 1. The maximum absolute atomic E-state index is 11.3. The number of hydrogen-bond acceptors (Lipinski definition) is 4. The van der Waals surface area contributed by atoms with E-state index < -0.39 is 5.69 Å². The molecule has 1 N–H and O–H groups in total. The van der Waals surface area contributed by atoms with Gasteiger partial charge in [0.25, 0.3) is 0 Å². The van der Waals surface area contributed by atoms with Crippen LogP contribution in [0.3, 0.4) is 0 Å². The van der Waals surface area contributed by atoms with E-state index >= 15 is 0 Å². The molecular formula is C14H20N4O. The number of hydrogen-bond donors (Lipinski definition) is 1. The van der Waals surface area contributed by atoms with Gasteiger partial charge in [-0.2, -0.15) is 10.2 Å². The minimum atomic E-state index is -0.460. The topological polar surface area (TPSA) is 72.8 Å². The van der Waals surface area contributed by atoms with Crippen molar-refractivity contribution in [2.45, 2.75) is 38.5 Å². The first-order valence-electron chi connectivity index (χ1n) is 6.91. The smallest absolute Gasteiger partial charge is 0.347 e. The maximum Gasteiger partial charge on any atom is 0.347 e. The minimum absolute atomic E-state index is 0.263. The first kappa shape index (κ1) is 13.6. The van der Waals surface area contributed by atoms with Crippen LogP contribution in [0.4, 0.5) is 5.82 Å². The average Bonchev–Trinajstić information content (AvgIpc) is 2.45. The van der Waals surface area contributed by atoms with Crippen LogP contribution in [0.2, 0.25) is 0 Å². The predicted molar refractivity (Wildman–Crippen MR) is 74.0 cm³/mol. The van der Waals surface area contributed by atoms with Crippen molar-refractivity contribution in [3.8, 4) is 6.07 Å². The minimum Gasteiger partial charge on any atom is -0.359 e. The summed E-state index contributed by atoms with van der Waals surface area (Å²) in [4.78, 5) is 19.6. The molecule has 0 radical (unpaired) electrons. The third kappa shape index (κ3) is 3.82. The molecule has 0 aliphatic heterocycles. The summed E-state index contributed by atoms with van der Waals surface area (Å²) in [5.74, 6) is 1.38. The van der Waals surface area contributed by atoms with E-state index in [-0.39, 0.29) is 5.69 Å². The first-order valence-corrected chi connectivity index (χ1v) is 6.91. The van der Waals surface area contributed by atoms with Gasteiger partial charge in [0.1, 0.15) is 17.6 Å². The lowest BCUT2D eigenvalue weighted by molar-refractivity contribution is 0.341. The highest BCUT2D eigenvalue weighted by atomic mass is 16.1. The highest BCUT2D eigenvalue weighted by Crippen LogP contribution is 2.26. The summed E-state index contributed by atoms with van der Waals surface area (Å²) < 4.78 is 0. The summed E-state index contributed by atoms with van der Waals surface area (Å²) in [5.41, 5.74) is -0.196. The van der Waals surface area contributed by atoms with E-state index in [2.05, 4.69) is 9.97 Å². The Bertz CT molecular complexity index is 511. The number of H-pyrrole nitrogens is 1. The molecule has 0 aromatic carbocycles. The van der Waals surface area contributed by atoms with E-state index in [0.29, 0.717) is 5.82 Å². The molecule has 1 aliphatic carbocycles. The molecule has 0 atom stereocenters. The van der Waals surface area contributed by atoms with Crippen molar-refractivity contribution in [1.29, 1.82) is 5.26 Å². The SMILES string of the molecule is CN(CCC1CCCCC1)c1cc(C#N)[nH]c(=O)n1. The van der Waals surface area contributed by atoms with E-state index in [9.17, 15) is 4.79 Å². The molecule has 0 spiro atoms. The number of aromatic amines is 1. The molecule has 1 fully saturated rings. The Morgan fingerprint density at radius 2 is 2.21 bits per heavy atom. The summed E-state index contributed by atoms with van der Waals surface area (Å²) in [7, 11) is 1.92. The summed E-state index contributed by atoms with van der Waals surface area (Å²) >= 11 is 0. The van der Waals surface area contributed by atoms with Gasteiger partial charge in [0, 0.05) is 19.7 Å². The van der Waals surface area contributed by atoms with Gasteiger partial charge in [-0.3, -0.25) is 4.98 Å². The molecular weight excluding hydrogens is 240 g/mol. The van der Waals surface area contributed by atoms with Gasteiger partial charge >= 0.3 is 5.69 Å². The normalized spacial score (nSPS) is 16.0. The highest BCUT2D eigenvalue weighted by Gasteiger charge is 2.14. The van der Waals surface area contributed by atoms with Gasteiger partial charge in [-0.15, -0.1) is 0 Å². The van der Waals surface area contributed by atoms with Crippen LogP contribution in [0.1, 0.15) is 44.2 Å². The van der Waals surface area contributed by atoms with E-state index in [4.69, 9.17) is 5.26 Å². The fourth-order valence-electron chi connectivity index (χ4n) is 2.67. The van der Waals surface area contributed by atoms with Crippen LogP contribution < -0.4 is 10.6 Å². The first-order chi connectivity index (χ1) is 9.19. The fourth-order valence-corrected chi connectivity index (χ4v) is 2.67. The second kappa shape index (κ2) is 6.37. The van der Waals surface area contributed by atoms with E-state index in [0.717, 1.165) is 18.9 Å². The van der Waals surface area contributed by atoms with Gasteiger partial charge < -0.3 is 4.90 Å². The van der Waals surface area contributed by atoms with Crippen molar-refractivity contribution in [3.05, 3.63) is 22.2 Å². The van der Waals surface area contributed by atoms with Crippen LogP contribution in [0.15, 0.2) is 10.9 Å². The predicted octanol–water partition coefficient (Wildman–Crippen LogP) is 2.05. The molecule has 1 aromatic heterocycles. The van der Waals surface area contributed by atoms with Gasteiger partial charge in [-0.05, 0) is 12.3 Å². The van der Waals surface area contributed by atoms with E-state index in [1.54, 1.807) is 6.07 Å². The van der Waals surface area contributed by atoms with Crippen molar-refractivity contribution >= 4 is 5.82 Å². The molecule has 1 heterocycles. The molecule has 2 rings (SSSR count). The van der Waals surface area contributed by atoms with Crippen LogP contribution in [0, 0.1) is 17.2 Å². The van der Waals surface area contributed by atoms with E-state index in [1.165, 1.54) is 32.1 Å². The molecule has 19 heavy (non-hydrogen) atoms. The van der Waals surface area contributed by atoms with Crippen LogP contribution in [0.5, 0.6) is 0 Å². The van der Waals surface area contributed by atoms with E-state index in [1.807, 2.05) is 18.0 Å². The lowest BCUT2D eigenvalue weighted by atomic mass is 9.87. The third-order valence-corrected chi connectivity index (χ3v) is 3.84. The summed E-state index contributed by atoms with van der Waals surface area (Å²) in [6.07, 6.45) is 7.83. The standard InChI is InChI=1S/C14H20N4O/c1-18(8-7-11-5-3-2-4-6-11)13-9-12(10-15)16-14(19)17-13/h9,11H,2-8H2,1H3,(H,16,17,19). The highest BCUT2D eigenvalue weighted by molar-refractivity contribution is 5.40. The molecule has 0 bridgehead atoms. The van der Waals surface area contributed by atoms with Gasteiger partial charge in [0.05, 0.1) is 0 Å². The Hall–Kier alpha value is -1.83. The Kier molecular flexibility index (Phi) is 4.56. The fraction of sp³-hybridized carbons (Fsp3) is 0.643. The molecule has 0 saturated heterocycles.